The molecule has 0 aliphatic carbocycles. The summed E-state index contributed by atoms with van der Waals surface area (Å²) in [7, 11) is 0. The fraction of sp³-hybridized carbons (Fsp3) is 0.636. The molecule has 2 rings (SSSR count). The third kappa shape index (κ3) is 2.41. The van der Waals surface area contributed by atoms with Gasteiger partial charge < -0.3 is 4.90 Å². The Bertz CT molecular complexity index is 393. The topological polar surface area (TPSA) is 52.2 Å². The zero-order chi connectivity index (χ0) is 11.5. The number of anilines is 1. The Morgan fingerprint density at radius 1 is 1.31 bits per heavy atom. The molecule has 88 valence electrons. The van der Waals surface area contributed by atoms with E-state index in [2.05, 4.69) is 33.8 Å². The summed E-state index contributed by atoms with van der Waals surface area (Å²) >= 11 is 0. The molecule has 5 heteroatoms. The lowest BCUT2D eigenvalue weighted by Crippen LogP contribution is -2.49. The second-order valence-corrected chi connectivity index (χ2v) is 4.42. The molecule has 5 nitrogen and oxygen atoms in total. The first-order valence-electron chi connectivity index (χ1n) is 5.70. The molecule has 0 saturated carbocycles. The molecule has 0 spiro atoms. The van der Waals surface area contributed by atoms with Gasteiger partial charge in [-0.05, 0) is 13.8 Å². The zero-order valence-electron chi connectivity index (χ0n) is 9.81. The highest BCUT2D eigenvalue weighted by Gasteiger charge is 2.19. The van der Waals surface area contributed by atoms with Gasteiger partial charge in [-0.25, -0.2) is 5.10 Å². The third-order valence-electron chi connectivity index (χ3n) is 3.06. The maximum absolute atomic E-state index is 11.2. The molecule has 1 N–H and O–H groups in total. The van der Waals surface area contributed by atoms with Gasteiger partial charge in [0.1, 0.15) is 0 Å². The number of nitrogens with one attached hydrogen (secondary N) is 1. The van der Waals surface area contributed by atoms with E-state index >= 15 is 0 Å². The molecule has 1 aliphatic rings. The Kier molecular flexibility index (Phi) is 3.24. The average molecular weight is 222 g/mol. The van der Waals surface area contributed by atoms with E-state index < -0.39 is 0 Å². The van der Waals surface area contributed by atoms with Gasteiger partial charge in [0.2, 0.25) is 0 Å². The summed E-state index contributed by atoms with van der Waals surface area (Å²) in [4.78, 5) is 15.8. The van der Waals surface area contributed by atoms with Crippen LogP contribution >= 0.6 is 0 Å². The molecule has 2 heterocycles. The number of hydrogen-bond donors (Lipinski definition) is 1. The predicted molar refractivity (Wildman–Crippen MR) is 63.8 cm³/mol. The van der Waals surface area contributed by atoms with Gasteiger partial charge in [-0.2, -0.15) is 5.10 Å². The average Bonchev–Trinajstić information content (AvgIpc) is 2.29. The second kappa shape index (κ2) is 4.65. The number of nitrogens with zero attached hydrogens (tertiary/aromatic N) is 3. The van der Waals surface area contributed by atoms with Crippen molar-refractivity contribution in [2.45, 2.75) is 19.9 Å². The smallest absolute Gasteiger partial charge is 0.266 e. The fourth-order valence-corrected chi connectivity index (χ4v) is 2.04. The minimum atomic E-state index is -0.135. The monoisotopic (exact) mass is 222 g/mol. The van der Waals surface area contributed by atoms with Gasteiger partial charge in [0, 0.05) is 38.3 Å². The number of hydrogen-bond acceptors (Lipinski definition) is 4. The molecule has 0 radical (unpaired) electrons. The Balaban J connectivity index is 2.02. The van der Waals surface area contributed by atoms with E-state index in [-0.39, 0.29) is 5.56 Å². The van der Waals surface area contributed by atoms with E-state index in [1.807, 2.05) is 0 Å². The van der Waals surface area contributed by atoms with Crippen LogP contribution in [0.3, 0.4) is 0 Å². The zero-order valence-corrected chi connectivity index (χ0v) is 9.81. The maximum Gasteiger partial charge on any atom is 0.266 e. The van der Waals surface area contributed by atoms with Crippen molar-refractivity contribution in [3.63, 3.8) is 0 Å². The first-order valence-corrected chi connectivity index (χ1v) is 5.70. The molecule has 1 saturated heterocycles. The Morgan fingerprint density at radius 3 is 2.56 bits per heavy atom. The molecule has 0 atom stereocenters. The molecule has 0 aromatic carbocycles. The Labute approximate surface area is 95.1 Å². The minimum Gasteiger partial charge on any atom is -0.368 e. The summed E-state index contributed by atoms with van der Waals surface area (Å²) in [6.07, 6.45) is 1.71. The Hall–Kier alpha value is -1.36. The molecular formula is C11H18N4O. The first-order chi connectivity index (χ1) is 7.66. The molecule has 1 fully saturated rings. The summed E-state index contributed by atoms with van der Waals surface area (Å²) in [5.74, 6) is 0. The van der Waals surface area contributed by atoms with Crippen molar-refractivity contribution in [1.29, 1.82) is 0 Å². The van der Waals surface area contributed by atoms with Crippen LogP contribution in [-0.4, -0.2) is 47.3 Å². The summed E-state index contributed by atoms with van der Waals surface area (Å²) in [5, 5.41) is 6.22. The highest BCUT2D eigenvalue weighted by Crippen LogP contribution is 2.13. The molecule has 1 aliphatic heterocycles. The van der Waals surface area contributed by atoms with Gasteiger partial charge in [-0.1, -0.05) is 0 Å². The molecule has 1 aromatic heterocycles. The van der Waals surface area contributed by atoms with E-state index in [4.69, 9.17) is 0 Å². The molecular weight excluding hydrogens is 204 g/mol. The van der Waals surface area contributed by atoms with Crippen molar-refractivity contribution in [2.75, 3.05) is 31.1 Å². The highest BCUT2D eigenvalue weighted by molar-refractivity contribution is 5.43. The summed E-state index contributed by atoms with van der Waals surface area (Å²) in [6, 6.07) is 2.21. The van der Waals surface area contributed by atoms with Gasteiger partial charge in [0.05, 0.1) is 11.9 Å². The van der Waals surface area contributed by atoms with Gasteiger partial charge in [-0.3, -0.25) is 9.69 Å². The van der Waals surface area contributed by atoms with Crippen LogP contribution in [0, 0.1) is 0 Å². The van der Waals surface area contributed by atoms with Crippen molar-refractivity contribution in [2.24, 2.45) is 0 Å². The largest absolute Gasteiger partial charge is 0.368 e. The number of aromatic nitrogens is 2. The fourth-order valence-electron chi connectivity index (χ4n) is 2.04. The van der Waals surface area contributed by atoms with Crippen LogP contribution in [0.4, 0.5) is 5.69 Å². The number of aromatic amines is 1. The number of H-pyrrole nitrogens is 1. The van der Waals surface area contributed by atoms with Crippen LogP contribution in [0.25, 0.3) is 0 Å². The van der Waals surface area contributed by atoms with E-state index in [9.17, 15) is 4.79 Å². The second-order valence-electron chi connectivity index (χ2n) is 4.42. The third-order valence-corrected chi connectivity index (χ3v) is 3.06. The van der Waals surface area contributed by atoms with Crippen molar-refractivity contribution >= 4 is 5.69 Å². The molecule has 0 amide bonds. The van der Waals surface area contributed by atoms with Crippen molar-refractivity contribution in [3.05, 3.63) is 22.6 Å². The first kappa shape index (κ1) is 11.1. The van der Waals surface area contributed by atoms with Crippen molar-refractivity contribution < 1.29 is 0 Å². The van der Waals surface area contributed by atoms with Gasteiger partial charge in [0.15, 0.2) is 0 Å². The van der Waals surface area contributed by atoms with Crippen LogP contribution in [0.15, 0.2) is 17.1 Å². The lowest BCUT2D eigenvalue weighted by molar-refractivity contribution is 0.209. The molecule has 1 aromatic rings. The van der Waals surface area contributed by atoms with Crippen LogP contribution < -0.4 is 10.5 Å². The highest BCUT2D eigenvalue weighted by atomic mass is 16.1. The molecule has 0 unspecified atom stereocenters. The molecule has 16 heavy (non-hydrogen) atoms. The molecule has 0 bridgehead atoms. The van der Waals surface area contributed by atoms with E-state index in [0.29, 0.717) is 6.04 Å². The van der Waals surface area contributed by atoms with Gasteiger partial charge in [-0.15, -0.1) is 0 Å². The lowest BCUT2D eigenvalue weighted by atomic mass is 10.2. The van der Waals surface area contributed by atoms with Crippen LogP contribution in [0.5, 0.6) is 0 Å². The van der Waals surface area contributed by atoms with Crippen LogP contribution in [0.2, 0.25) is 0 Å². The van der Waals surface area contributed by atoms with Gasteiger partial charge in [0.25, 0.3) is 5.56 Å². The van der Waals surface area contributed by atoms with Crippen molar-refractivity contribution in [1.82, 2.24) is 15.1 Å². The van der Waals surface area contributed by atoms with Crippen LogP contribution in [0.1, 0.15) is 13.8 Å². The van der Waals surface area contributed by atoms with E-state index in [1.165, 1.54) is 0 Å². The van der Waals surface area contributed by atoms with E-state index in [0.717, 1.165) is 31.9 Å². The van der Waals surface area contributed by atoms with Gasteiger partial charge >= 0.3 is 0 Å². The maximum atomic E-state index is 11.2. The Morgan fingerprint density at radius 2 is 2.00 bits per heavy atom. The summed E-state index contributed by atoms with van der Waals surface area (Å²) in [6.45, 7) is 8.44. The lowest BCUT2D eigenvalue weighted by Gasteiger charge is -2.37. The van der Waals surface area contributed by atoms with Crippen LogP contribution in [-0.2, 0) is 0 Å². The normalized spacial score (nSPS) is 18.1. The number of rotatable bonds is 2. The summed E-state index contributed by atoms with van der Waals surface area (Å²) in [5.41, 5.74) is 0.788. The minimum absolute atomic E-state index is 0.135. The predicted octanol–water partition coefficient (Wildman–Crippen LogP) is 0.300. The SMILES string of the molecule is CC(C)N1CCN(c2cn[nH]c(=O)c2)CC1. The van der Waals surface area contributed by atoms with Crippen molar-refractivity contribution in [3.8, 4) is 0 Å². The number of piperazine rings is 1. The summed E-state index contributed by atoms with van der Waals surface area (Å²) < 4.78 is 0. The standard InChI is InChI=1S/C11H18N4O/c1-9(2)14-3-5-15(6-4-14)10-7-11(16)13-12-8-10/h7-9H,3-6H2,1-2H3,(H,13,16). The van der Waals surface area contributed by atoms with E-state index in [1.54, 1.807) is 12.3 Å². The quantitative estimate of drug-likeness (QED) is 0.782.